The molecule has 28 heavy (non-hydrogen) atoms. The summed E-state index contributed by atoms with van der Waals surface area (Å²) in [6.45, 7) is 9.94. The molecule has 1 aromatic carbocycles. The Morgan fingerprint density at radius 1 is 1.25 bits per heavy atom. The second kappa shape index (κ2) is 6.84. The average molecular weight is 388 g/mol. The van der Waals surface area contributed by atoms with Crippen LogP contribution >= 0.6 is 0 Å². The lowest BCUT2D eigenvalue weighted by atomic mass is 10.0. The molecule has 0 bridgehead atoms. The molecule has 8 heteroatoms. The number of aromatic nitrogens is 1. The summed E-state index contributed by atoms with van der Waals surface area (Å²) in [5, 5.41) is 4.55. The Kier molecular flexibility index (Phi) is 4.61. The zero-order chi connectivity index (χ0) is 20.1. The number of nitrogen functional groups attached to an aromatic ring is 1. The third kappa shape index (κ3) is 3.61. The van der Waals surface area contributed by atoms with E-state index in [1.165, 1.54) is 0 Å². The first-order valence-corrected chi connectivity index (χ1v) is 9.65. The normalized spacial score (nSPS) is 22.6. The molecule has 4 rings (SSSR count). The van der Waals surface area contributed by atoms with Gasteiger partial charge in [-0.15, -0.1) is 0 Å². The monoisotopic (exact) mass is 388 g/mol. The smallest absolute Gasteiger partial charge is 0.410 e. The molecule has 2 aromatic rings. The summed E-state index contributed by atoms with van der Waals surface area (Å²) in [6.07, 6.45) is -0.202. The summed E-state index contributed by atoms with van der Waals surface area (Å²) in [6, 6.07) is 3.97. The van der Waals surface area contributed by atoms with Gasteiger partial charge in [-0.2, -0.15) is 0 Å². The van der Waals surface area contributed by atoms with Gasteiger partial charge in [-0.3, -0.25) is 4.90 Å². The van der Waals surface area contributed by atoms with Crippen molar-refractivity contribution in [3.63, 3.8) is 0 Å². The summed E-state index contributed by atoms with van der Waals surface area (Å²) >= 11 is 0. The lowest BCUT2D eigenvalue weighted by Crippen LogP contribution is -2.37. The number of anilines is 1. The van der Waals surface area contributed by atoms with Crippen molar-refractivity contribution in [1.82, 2.24) is 15.0 Å². The van der Waals surface area contributed by atoms with E-state index < -0.39 is 5.60 Å². The number of benzene rings is 1. The fourth-order valence-electron chi connectivity index (χ4n) is 4.32. The van der Waals surface area contributed by atoms with Gasteiger partial charge in [0, 0.05) is 32.7 Å². The van der Waals surface area contributed by atoms with Gasteiger partial charge in [-0.05, 0) is 50.3 Å². The van der Waals surface area contributed by atoms with Gasteiger partial charge in [0.15, 0.2) is 11.4 Å². The van der Waals surface area contributed by atoms with Crippen LogP contribution in [0.2, 0.25) is 0 Å². The summed E-state index contributed by atoms with van der Waals surface area (Å²) in [5.74, 6) is 2.00. The fourth-order valence-corrected chi connectivity index (χ4v) is 4.32. The molecule has 8 nitrogen and oxygen atoms in total. The Hall–Kier alpha value is -2.48. The first kappa shape index (κ1) is 18.9. The number of rotatable bonds is 3. The molecule has 2 aliphatic rings. The van der Waals surface area contributed by atoms with Crippen LogP contribution in [0.15, 0.2) is 16.7 Å². The Morgan fingerprint density at radius 2 is 1.93 bits per heavy atom. The minimum absolute atomic E-state index is 0.202. The maximum atomic E-state index is 12.3. The standard InChI is InChI=1S/C20H28N4O4/c1-20(2,3)27-19(25)24-10-13-8-23(9-14(13)11-24)7-12-5-15(26-4)17-16(6-12)28-22-18(17)21/h5-6,13-14H,7-11H2,1-4H3,(H2,21,22). The maximum absolute atomic E-state index is 12.3. The van der Waals surface area contributed by atoms with Crippen LogP contribution in [0.5, 0.6) is 5.75 Å². The SMILES string of the molecule is COc1cc(CN2CC3CN(C(=O)OC(C)(C)C)CC3C2)cc2onc(N)c12. The number of carbonyl (C=O) groups is 1. The van der Waals surface area contributed by atoms with Gasteiger partial charge in [-0.25, -0.2) is 4.79 Å². The summed E-state index contributed by atoms with van der Waals surface area (Å²) in [4.78, 5) is 16.6. The van der Waals surface area contributed by atoms with Crippen molar-refractivity contribution >= 4 is 22.9 Å². The van der Waals surface area contributed by atoms with Crippen molar-refractivity contribution in [1.29, 1.82) is 0 Å². The molecule has 1 amide bonds. The predicted molar refractivity (Wildman–Crippen MR) is 105 cm³/mol. The third-order valence-corrected chi connectivity index (χ3v) is 5.46. The molecule has 3 heterocycles. The highest BCUT2D eigenvalue weighted by Gasteiger charge is 2.42. The van der Waals surface area contributed by atoms with Crippen LogP contribution in [-0.4, -0.2) is 59.9 Å². The first-order valence-electron chi connectivity index (χ1n) is 9.65. The van der Waals surface area contributed by atoms with Gasteiger partial charge < -0.3 is 24.6 Å². The van der Waals surface area contributed by atoms with E-state index in [4.69, 9.17) is 19.7 Å². The first-order chi connectivity index (χ1) is 13.2. The molecule has 2 N–H and O–H groups in total. The van der Waals surface area contributed by atoms with Gasteiger partial charge in [0.25, 0.3) is 0 Å². The molecule has 2 saturated heterocycles. The van der Waals surface area contributed by atoms with Gasteiger partial charge in [-0.1, -0.05) is 5.16 Å². The molecule has 0 spiro atoms. The van der Waals surface area contributed by atoms with Crippen LogP contribution in [0.1, 0.15) is 26.3 Å². The second-order valence-corrected chi connectivity index (χ2v) is 8.84. The minimum atomic E-state index is -0.456. The zero-order valence-electron chi connectivity index (χ0n) is 16.9. The largest absolute Gasteiger partial charge is 0.496 e. The van der Waals surface area contributed by atoms with Gasteiger partial charge >= 0.3 is 6.09 Å². The number of hydrogen-bond donors (Lipinski definition) is 1. The molecule has 152 valence electrons. The molecule has 2 atom stereocenters. The Bertz CT molecular complexity index is 874. The zero-order valence-corrected chi connectivity index (χ0v) is 16.9. The van der Waals surface area contributed by atoms with Gasteiger partial charge in [0.1, 0.15) is 16.7 Å². The van der Waals surface area contributed by atoms with E-state index in [0.29, 0.717) is 29.0 Å². The topological polar surface area (TPSA) is 94.1 Å². The number of ether oxygens (including phenoxy) is 2. The predicted octanol–water partition coefficient (Wildman–Crippen LogP) is 2.72. The van der Waals surface area contributed by atoms with E-state index in [0.717, 1.165) is 43.7 Å². The van der Waals surface area contributed by atoms with Crippen molar-refractivity contribution < 1.29 is 18.8 Å². The summed E-state index contributed by atoms with van der Waals surface area (Å²) in [5.41, 5.74) is 7.15. The van der Waals surface area contributed by atoms with E-state index in [-0.39, 0.29) is 6.09 Å². The quantitative estimate of drug-likeness (QED) is 0.864. The Morgan fingerprint density at radius 3 is 2.54 bits per heavy atom. The molecule has 0 saturated carbocycles. The van der Waals surface area contributed by atoms with Gasteiger partial charge in [0.05, 0.1) is 7.11 Å². The number of nitrogens with zero attached hydrogens (tertiary/aromatic N) is 3. The van der Waals surface area contributed by atoms with Crippen molar-refractivity contribution in [2.24, 2.45) is 11.8 Å². The fraction of sp³-hybridized carbons (Fsp3) is 0.600. The molecule has 2 fully saturated rings. The van der Waals surface area contributed by atoms with E-state index >= 15 is 0 Å². The summed E-state index contributed by atoms with van der Waals surface area (Å²) in [7, 11) is 1.62. The number of nitrogens with two attached hydrogens (primary N) is 1. The van der Waals surface area contributed by atoms with E-state index in [2.05, 4.69) is 10.1 Å². The highest BCUT2D eigenvalue weighted by molar-refractivity contribution is 5.93. The van der Waals surface area contributed by atoms with Crippen LogP contribution in [0, 0.1) is 11.8 Å². The number of likely N-dealkylation sites (tertiary alicyclic amines) is 2. The number of hydrogen-bond acceptors (Lipinski definition) is 7. The second-order valence-electron chi connectivity index (χ2n) is 8.84. The van der Waals surface area contributed by atoms with E-state index in [1.54, 1.807) is 7.11 Å². The molecule has 0 aliphatic carbocycles. The number of methoxy groups -OCH3 is 1. The van der Waals surface area contributed by atoms with Crippen LogP contribution in [-0.2, 0) is 11.3 Å². The molecular weight excluding hydrogens is 360 g/mol. The molecule has 2 unspecified atom stereocenters. The Balaban J connectivity index is 1.39. The number of carbonyl (C=O) groups excluding carboxylic acids is 1. The highest BCUT2D eigenvalue weighted by Crippen LogP contribution is 2.35. The van der Waals surface area contributed by atoms with Crippen molar-refractivity contribution in [3.8, 4) is 5.75 Å². The van der Waals surface area contributed by atoms with Crippen LogP contribution in [0.3, 0.4) is 0 Å². The van der Waals surface area contributed by atoms with E-state index in [9.17, 15) is 4.79 Å². The van der Waals surface area contributed by atoms with Crippen molar-refractivity contribution in [3.05, 3.63) is 17.7 Å². The average Bonchev–Trinajstić information content (AvgIpc) is 3.26. The van der Waals surface area contributed by atoms with Crippen LogP contribution < -0.4 is 10.5 Å². The number of fused-ring (bicyclic) bond motifs is 2. The molecule has 0 radical (unpaired) electrons. The van der Waals surface area contributed by atoms with Crippen molar-refractivity contribution in [2.45, 2.75) is 32.9 Å². The lowest BCUT2D eigenvalue weighted by Gasteiger charge is -2.26. The highest BCUT2D eigenvalue weighted by atomic mass is 16.6. The Labute approximate surface area is 164 Å². The minimum Gasteiger partial charge on any atom is -0.496 e. The maximum Gasteiger partial charge on any atom is 0.410 e. The molecule has 1 aromatic heterocycles. The molecule has 2 aliphatic heterocycles. The number of amides is 1. The van der Waals surface area contributed by atoms with Crippen molar-refractivity contribution in [2.75, 3.05) is 39.0 Å². The lowest BCUT2D eigenvalue weighted by molar-refractivity contribution is 0.0274. The molecular formula is C20H28N4O4. The van der Waals surface area contributed by atoms with E-state index in [1.807, 2.05) is 37.8 Å². The third-order valence-electron chi connectivity index (χ3n) is 5.46. The summed E-state index contributed by atoms with van der Waals surface area (Å²) < 4.78 is 16.3. The van der Waals surface area contributed by atoms with Crippen LogP contribution in [0.4, 0.5) is 10.6 Å². The van der Waals surface area contributed by atoms with Crippen LogP contribution in [0.25, 0.3) is 11.0 Å². The van der Waals surface area contributed by atoms with Gasteiger partial charge in [0.2, 0.25) is 0 Å².